The van der Waals surface area contributed by atoms with Crippen LogP contribution in [0.1, 0.15) is 22.8 Å². The Labute approximate surface area is 349 Å². The molecule has 7 aromatic rings. The van der Waals surface area contributed by atoms with Crippen molar-refractivity contribution in [3.8, 4) is 44.5 Å². The van der Waals surface area contributed by atoms with Crippen molar-refractivity contribution in [2.75, 3.05) is 0 Å². The molecule has 282 valence electrons. The van der Waals surface area contributed by atoms with E-state index in [2.05, 4.69) is 9.97 Å². The number of fused-ring (bicyclic) bond motifs is 8. The normalized spacial score (nSPS) is 11.9. The Balaban J connectivity index is 1.47. The molecular weight excluding hydrogens is 818 g/mol. The van der Waals surface area contributed by atoms with E-state index in [1.54, 1.807) is 36.4 Å². The van der Waals surface area contributed by atoms with E-state index < -0.39 is 9.85 Å². The van der Waals surface area contributed by atoms with Crippen molar-refractivity contribution < 1.29 is 9.85 Å². The van der Waals surface area contributed by atoms with Gasteiger partial charge in [-0.05, 0) is 119 Å². The van der Waals surface area contributed by atoms with E-state index >= 15 is 0 Å². The highest BCUT2D eigenvalue weighted by Crippen LogP contribution is 2.41. The number of nitrogens with zero attached hydrogens (tertiary/aromatic N) is 4. The molecule has 0 spiro atoms. The quantitative estimate of drug-likeness (QED) is 0.126. The lowest BCUT2D eigenvalue weighted by molar-refractivity contribution is -0.384. The second-order valence-electron chi connectivity index (χ2n) is 13.4. The van der Waals surface area contributed by atoms with Crippen molar-refractivity contribution in [3.63, 3.8) is 0 Å². The molecule has 5 heterocycles. The Morgan fingerprint density at radius 2 is 0.759 bits per heavy atom. The molecule has 0 fully saturated rings. The lowest BCUT2D eigenvalue weighted by Gasteiger charge is -2.08. The van der Waals surface area contributed by atoms with Crippen LogP contribution in [0.2, 0.25) is 20.1 Å². The minimum absolute atomic E-state index is 0.0427. The van der Waals surface area contributed by atoms with Gasteiger partial charge >= 0.3 is 0 Å². The number of aromatic nitrogens is 4. The summed E-state index contributed by atoms with van der Waals surface area (Å²) in [4.78, 5) is 40.0. The van der Waals surface area contributed by atoms with Gasteiger partial charge in [0.2, 0.25) is 0 Å². The van der Waals surface area contributed by atoms with E-state index in [4.69, 9.17) is 56.4 Å². The Morgan fingerprint density at radius 3 is 1.05 bits per heavy atom. The molecule has 2 N–H and O–H groups in total. The van der Waals surface area contributed by atoms with E-state index in [-0.39, 0.29) is 21.4 Å². The Bertz CT molecular complexity index is 2950. The van der Waals surface area contributed by atoms with Crippen molar-refractivity contribution in [1.82, 2.24) is 19.9 Å². The Hall–Kier alpha value is -6.56. The fraction of sp³-hybridized carbons (Fsp3) is 0. The van der Waals surface area contributed by atoms with Gasteiger partial charge in [0, 0.05) is 66.5 Å². The predicted octanol–water partition coefficient (Wildman–Crippen LogP) is 13.8. The summed E-state index contributed by atoms with van der Waals surface area (Å²) in [6, 6.07) is 31.8. The molecule has 0 unspecified atom stereocenters. The summed E-state index contributed by atoms with van der Waals surface area (Å²) >= 11 is 26.2. The van der Waals surface area contributed by atoms with Crippen molar-refractivity contribution >= 4 is 104 Å². The first-order valence-electron chi connectivity index (χ1n) is 17.6. The number of halogens is 4. The standard InChI is InChI=1S/C44H24Cl4N6O4/c45-27-5-1-3-23(19-27)41-31-9-10-32(49-31)42(24-4-2-6-28(46)20-24)34-12-14-36(51-34)44(26-8-18-40(54(57)58)30(48)22-26)38-16-15-37(52-38)43(35-13-11-33(41)50-35)25-7-17-39(53(55)56)29(47)21-25/h1-22,50-51H. The Kier molecular flexibility index (Phi) is 9.42. The maximum absolute atomic E-state index is 11.8. The molecule has 9 rings (SSSR count). The number of nitro groups is 2. The van der Waals surface area contributed by atoms with Crippen LogP contribution in [-0.4, -0.2) is 29.8 Å². The van der Waals surface area contributed by atoms with Crippen LogP contribution in [0.4, 0.5) is 11.4 Å². The van der Waals surface area contributed by atoms with Gasteiger partial charge in [-0.1, -0.05) is 70.7 Å². The van der Waals surface area contributed by atoms with E-state index in [1.807, 2.05) is 85.0 Å². The first-order chi connectivity index (χ1) is 28.0. The van der Waals surface area contributed by atoms with E-state index in [1.165, 1.54) is 12.1 Å². The Morgan fingerprint density at radius 1 is 0.431 bits per heavy atom. The van der Waals surface area contributed by atoms with Gasteiger partial charge in [0.05, 0.1) is 32.6 Å². The zero-order chi connectivity index (χ0) is 40.2. The number of rotatable bonds is 6. The van der Waals surface area contributed by atoms with Crippen LogP contribution in [0.25, 0.3) is 90.9 Å². The largest absolute Gasteiger partial charge is 0.354 e. The molecule has 0 saturated carbocycles. The maximum atomic E-state index is 11.8. The minimum atomic E-state index is -0.537. The number of nitro benzene ring substituents is 2. The molecule has 3 aromatic heterocycles. The summed E-state index contributed by atoms with van der Waals surface area (Å²) in [7, 11) is 0. The third-order valence-electron chi connectivity index (χ3n) is 9.85. The van der Waals surface area contributed by atoms with Crippen molar-refractivity contribution in [2.24, 2.45) is 0 Å². The molecule has 0 radical (unpaired) electrons. The van der Waals surface area contributed by atoms with E-state index in [9.17, 15) is 20.2 Å². The molecule has 0 atom stereocenters. The summed E-state index contributed by atoms with van der Waals surface area (Å²) in [6.07, 6.45) is 7.57. The molecule has 58 heavy (non-hydrogen) atoms. The fourth-order valence-electron chi connectivity index (χ4n) is 7.33. The van der Waals surface area contributed by atoms with Crippen LogP contribution in [0, 0.1) is 20.2 Å². The molecule has 14 heteroatoms. The van der Waals surface area contributed by atoms with Crippen LogP contribution < -0.4 is 0 Å². The van der Waals surface area contributed by atoms with Gasteiger partial charge in [-0.3, -0.25) is 20.2 Å². The van der Waals surface area contributed by atoms with Crippen LogP contribution in [-0.2, 0) is 0 Å². The van der Waals surface area contributed by atoms with Gasteiger partial charge in [-0.15, -0.1) is 0 Å². The number of H-pyrrole nitrogens is 2. The molecule has 0 aliphatic carbocycles. The summed E-state index contributed by atoms with van der Waals surface area (Å²) in [5.74, 6) is 0. The summed E-state index contributed by atoms with van der Waals surface area (Å²) in [6.45, 7) is 0. The monoisotopic (exact) mass is 840 g/mol. The van der Waals surface area contributed by atoms with Gasteiger partial charge in [-0.2, -0.15) is 0 Å². The molecular formula is C44H24Cl4N6O4. The number of aromatic amines is 2. The SMILES string of the molecule is O=[N+]([O-])c1ccc(-c2c3nc(c(-c4ccc([N+](=O)[O-])c(Cl)c4)c4ccc([nH]4)c(-c4cccc(Cl)c4)c4nc(c(-c5cccc(Cl)c5)c5ccc2[nH]5)C=C4)C=C3)cc1Cl. The van der Waals surface area contributed by atoms with Crippen LogP contribution in [0.5, 0.6) is 0 Å². The van der Waals surface area contributed by atoms with Gasteiger partial charge in [0.1, 0.15) is 10.0 Å². The molecule has 2 aliphatic heterocycles. The number of hydrogen-bond acceptors (Lipinski definition) is 6. The lowest BCUT2D eigenvalue weighted by atomic mass is 10.0. The fourth-order valence-corrected chi connectivity index (χ4v) is 8.21. The summed E-state index contributed by atoms with van der Waals surface area (Å²) < 4.78 is 0. The van der Waals surface area contributed by atoms with Crippen molar-refractivity contribution in [3.05, 3.63) is 172 Å². The zero-order valence-corrected chi connectivity index (χ0v) is 32.7. The van der Waals surface area contributed by atoms with Gasteiger partial charge in [0.15, 0.2) is 0 Å². The average Bonchev–Trinajstić information content (AvgIpc) is 4.03. The summed E-state index contributed by atoms with van der Waals surface area (Å²) in [5, 5.41) is 24.5. The third-order valence-corrected chi connectivity index (χ3v) is 10.9. The van der Waals surface area contributed by atoms with E-state index in [0.717, 1.165) is 22.3 Å². The van der Waals surface area contributed by atoms with E-state index in [0.29, 0.717) is 77.1 Å². The average molecular weight is 843 g/mol. The number of hydrogen-bond donors (Lipinski definition) is 2. The topological polar surface area (TPSA) is 144 Å². The van der Waals surface area contributed by atoms with Crippen molar-refractivity contribution in [2.45, 2.75) is 0 Å². The predicted molar refractivity (Wildman–Crippen MR) is 234 cm³/mol. The molecule has 8 bridgehead atoms. The summed E-state index contributed by atoms with van der Waals surface area (Å²) in [5.41, 5.74) is 10.1. The molecule has 0 saturated heterocycles. The molecule has 2 aliphatic rings. The van der Waals surface area contributed by atoms with Gasteiger partial charge in [-0.25, -0.2) is 9.97 Å². The van der Waals surface area contributed by atoms with Crippen LogP contribution in [0.15, 0.2) is 109 Å². The van der Waals surface area contributed by atoms with Gasteiger partial charge < -0.3 is 9.97 Å². The molecule has 10 nitrogen and oxygen atoms in total. The smallest absolute Gasteiger partial charge is 0.287 e. The minimum Gasteiger partial charge on any atom is -0.354 e. The van der Waals surface area contributed by atoms with Crippen molar-refractivity contribution in [1.29, 1.82) is 0 Å². The van der Waals surface area contributed by atoms with Gasteiger partial charge in [0.25, 0.3) is 11.4 Å². The highest BCUT2D eigenvalue weighted by atomic mass is 35.5. The second kappa shape index (κ2) is 14.7. The number of benzene rings is 4. The second-order valence-corrected chi connectivity index (χ2v) is 15.1. The lowest BCUT2D eigenvalue weighted by Crippen LogP contribution is -1.92. The molecule has 4 aromatic carbocycles. The zero-order valence-electron chi connectivity index (χ0n) is 29.6. The first kappa shape index (κ1) is 37.0. The highest BCUT2D eigenvalue weighted by molar-refractivity contribution is 6.33. The first-order valence-corrected chi connectivity index (χ1v) is 19.1. The molecule has 0 amide bonds. The van der Waals surface area contributed by atoms with Crippen LogP contribution >= 0.6 is 46.4 Å². The number of nitrogens with one attached hydrogen (secondary N) is 2. The maximum Gasteiger partial charge on any atom is 0.287 e. The third kappa shape index (κ3) is 6.71. The highest BCUT2D eigenvalue weighted by Gasteiger charge is 2.22. The van der Waals surface area contributed by atoms with Crippen LogP contribution in [0.3, 0.4) is 0 Å².